The van der Waals surface area contributed by atoms with Crippen molar-refractivity contribution >= 4 is 16.6 Å². The number of rotatable bonds is 5. The van der Waals surface area contributed by atoms with Gasteiger partial charge in [0, 0.05) is 23.1 Å². The van der Waals surface area contributed by atoms with Crippen molar-refractivity contribution in [1.82, 2.24) is 4.57 Å². The molecule has 0 saturated heterocycles. The molecule has 6 nitrogen and oxygen atoms in total. The van der Waals surface area contributed by atoms with Gasteiger partial charge in [-0.1, -0.05) is 36.4 Å². The molecule has 32 heavy (non-hydrogen) atoms. The van der Waals surface area contributed by atoms with Crippen LogP contribution in [0.5, 0.6) is 17.2 Å². The highest BCUT2D eigenvalue weighted by Gasteiger charge is 2.33. The van der Waals surface area contributed by atoms with Gasteiger partial charge in [-0.2, -0.15) is 0 Å². The summed E-state index contributed by atoms with van der Waals surface area (Å²) in [5.74, 6) is 0.838. The van der Waals surface area contributed by atoms with Gasteiger partial charge in [-0.15, -0.1) is 0 Å². The van der Waals surface area contributed by atoms with Crippen molar-refractivity contribution in [3.05, 3.63) is 87.7 Å². The Morgan fingerprint density at radius 2 is 1.59 bits per heavy atom. The summed E-state index contributed by atoms with van der Waals surface area (Å²) in [6.45, 7) is 0.365. The lowest BCUT2D eigenvalue weighted by Crippen LogP contribution is -2.25. The minimum atomic E-state index is -0.238. The smallest absolute Gasteiger partial charge is 0.262 e. The number of aromatic hydroxyl groups is 1. The van der Waals surface area contributed by atoms with Crippen LogP contribution in [0, 0.1) is 0 Å². The molecule has 0 fully saturated rings. The van der Waals surface area contributed by atoms with Crippen molar-refractivity contribution in [1.29, 1.82) is 0 Å². The van der Waals surface area contributed by atoms with Crippen LogP contribution in [-0.2, 0) is 13.0 Å². The van der Waals surface area contributed by atoms with Gasteiger partial charge in [0.05, 0.1) is 30.9 Å². The second-order valence-corrected chi connectivity index (χ2v) is 7.70. The molecule has 0 saturated carbocycles. The van der Waals surface area contributed by atoms with Crippen LogP contribution in [0.3, 0.4) is 0 Å². The van der Waals surface area contributed by atoms with Crippen LogP contribution in [0.1, 0.15) is 21.5 Å². The van der Waals surface area contributed by atoms with E-state index in [1.165, 1.54) is 14.2 Å². The molecular weight excluding hydrogens is 406 g/mol. The number of nitrogens with zero attached hydrogens (tertiary/aromatic N) is 1. The van der Waals surface area contributed by atoms with Crippen LogP contribution in [0.2, 0.25) is 0 Å². The number of methoxy groups -OCH3 is 2. The summed E-state index contributed by atoms with van der Waals surface area (Å²) >= 11 is 0. The van der Waals surface area contributed by atoms with E-state index in [0.29, 0.717) is 52.1 Å². The third-order valence-electron chi connectivity index (χ3n) is 5.99. The number of pyridine rings is 1. The zero-order valence-electron chi connectivity index (χ0n) is 17.7. The molecule has 1 N–H and O–H groups in total. The Morgan fingerprint density at radius 3 is 2.28 bits per heavy atom. The molecule has 5 rings (SSSR count). The summed E-state index contributed by atoms with van der Waals surface area (Å²) in [5, 5.41) is 10.4. The fraction of sp³-hybridized carbons (Fsp3) is 0.154. The monoisotopic (exact) mass is 427 g/mol. The number of ether oxygens (including phenoxy) is 2. The van der Waals surface area contributed by atoms with Gasteiger partial charge in [0.2, 0.25) is 0 Å². The molecule has 4 aromatic rings. The number of phenolic OH excluding ortho intramolecular Hbond substituents is 1. The van der Waals surface area contributed by atoms with Gasteiger partial charge >= 0.3 is 0 Å². The number of carbonyl (C=O) groups is 1. The summed E-state index contributed by atoms with van der Waals surface area (Å²) in [7, 11) is 3.00. The van der Waals surface area contributed by atoms with E-state index in [1.54, 1.807) is 34.9 Å². The summed E-state index contributed by atoms with van der Waals surface area (Å²) in [6, 6.07) is 17.7. The van der Waals surface area contributed by atoms with Gasteiger partial charge in [-0.05, 0) is 36.2 Å². The highest BCUT2D eigenvalue weighted by molar-refractivity contribution is 6.27. The molecule has 6 heteroatoms. The van der Waals surface area contributed by atoms with E-state index in [1.807, 2.05) is 30.3 Å². The lowest BCUT2D eigenvalue weighted by molar-refractivity contribution is 0.104. The van der Waals surface area contributed by atoms with Crippen molar-refractivity contribution in [3.63, 3.8) is 0 Å². The van der Waals surface area contributed by atoms with Crippen molar-refractivity contribution in [2.24, 2.45) is 0 Å². The Morgan fingerprint density at radius 1 is 0.875 bits per heavy atom. The average molecular weight is 427 g/mol. The Kier molecular flexibility index (Phi) is 4.70. The molecule has 0 unspecified atom stereocenters. The van der Waals surface area contributed by atoms with Gasteiger partial charge in [0.15, 0.2) is 17.3 Å². The van der Waals surface area contributed by atoms with Crippen LogP contribution in [0.4, 0.5) is 0 Å². The molecule has 0 radical (unpaired) electrons. The zero-order valence-corrected chi connectivity index (χ0v) is 17.7. The second kappa shape index (κ2) is 7.57. The van der Waals surface area contributed by atoms with E-state index in [4.69, 9.17) is 9.47 Å². The molecule has 160 valence electrons. The number of hydrogen-bond donors (Lipinski definition) is 1. The van der Waals surface area contributed by atoms with Crippen LogP contribution >= 0.6 is 0 Å². The predicted molar refractivity (Wildman–Crippen MR) is 122 cm³/mol. The summed E-state index contributed by atoms with van der Waals surface area (Å²) in [5.41, 5.74) is 3.22. The number of hydrogen-bond acceptors (Lipinski definition) is 5. The number of aryl methyl sites for hydroxylation is 1. The Labute approximate surface area is 184 Å². The van der Waals surface area contributed by atoms with E-state index in [-0.39, 0.29) is 17.1 Å². The van der Waals surface area contributed by atoms with Gasteiger partial charge < -0.3 is 19.1 Å². The van der Waals surface area contributed by atoms with Crippen molar-refractivity contribution in [2.75, 3.05) is 14.2 Å². The Balaban J connectivity index is 1.80. The number of ketones is 1. The first kappa shape index (κ1) is 19.9. The van der Waals surface area contributed by atoms with Gasteiger partial charge in [-0.3, -0.25) is 9.59 Å². The highest BCUT2D eigenvalue weighted by Crippen LogP contribution is 2.43. The first-order valence-corrected chi connectivity index (χ1v) is 10.3. The maximum atomic E-state index is 13.8. The maximum absolute atomic E-state index is 13.8. The maximum Gasteiger partial charge on any atom is 0.262 e. The lowest BCUT2D eigenvalue weighted by Gasteiger charge is -2.17. The molecular formula is C26H21NO5. The molecule has 0 spiro atoms. The van der Waals surface area contributed by atoms with Crippen LogP contribution < -0.4 is 15.0 Å². The number of benzene rings is 3. The van der Waals surface area contributed by atoms with Crippen molar-refractivity contribution in [2.45, 2.75) is 13.0 Å². The van der Waals surface area contributed by atoms with Crippen molar-refractivity contribution in [3.8, 4) is 28.5 Å². The molecule has 1 aliphatic carbocycles. The summed E-state index contributed by atoms with van der Waals surface area (Å²) in [6.07, 6.45) is 0.556. The molecule has 0 atom stereocenters. The van der Waals surface area contributed by atoms with E-state index >= 15 is 0 Å². The van der Waals surface area contributed by atoms with Gasteiger partial charge in [-0.25, -0.2) is 0 Å². The number of fused-ring (bicyclic) bond motifs is 5. The lowest BCUT2D eigenvalue weighted by atomic mass is 10.0. The van der Waals surface area contributed by atoms with Crippen molar-refractivity contribution < 1.29 is 19.4 Å². The molecule has 0 bridgehead atoms. The summed E-state index contributed by atoms with van der Waals surface area (Å²) < 4.78 is 12.6. The topological polar surface area (TPSA) is 77.8 Å². The number of carbonyl (C=O) groups excluding carboxylic acids is 1. The Bertz CT molecular complexity index is 1430. The van der Waals surface area contributed by atoms with E-state index in [9.17, 15) is 14.7 Å². The van der Waals surface area contributed by atoms with E-state index in [2.05, 4.69) is 0 Å². The predicted octanol–water partition coefficient (Wildman–Crippen LogP) is 4.18. The normalized spacial score (nSPS) is 12.0. The average Bonchev–Trinajstić information content (AvgIpc) is 3.12. The third kappa shape index (κ3) is 2.87. The van der Waals surface area contributed by atoms with Crippen LogP contribution in [-0.4, -0.2) is 29.7 Å². The van der Waals surface area contributed by atoms with E-state index < -0.39 is 0 Å². The largest absolute Gasteiger partial charge is 0.508 e. The standard InChI is InChI=1S/C26H21NO5/c1-31-20-12-11-19-21-23(17-5-3-4-6-18(17)24(21)29)27(26(30)22(19)25(20)32-2)14-13-15-7-9-16(28)10-8-15/h3-12,28H,13-14H2,1-2H3. The van der Waals surface area contributed by atoms with Crippen LogP contribution in [0.25, 0.3) is 22.0 Å². The SMILES string of the molecule is COc1ccc2c3c(n(CCc4ccc(O)cc4)c(=O)c2c1OC)-c1ccccc1C3=O. The molecule has 0 aliphatic heterocycles. The first-order valence-electron chi connectivity index (χ1n) is 10.3. The molecule has 1 aromatic heterocycles. The third-order valence-corrected chi connectivity index (χ3v) is 5.99. The highest BCUT2D eigenvalue weighted by atomic mass is 16.5. The number of phenols is 1. The molecule has 3 aromatic carbocycles. The fourth-order valence-electron chi connectivity index (χ4n) is 4.50. The van der Waals surface area contributed by atoms with Gasteiger partial charge in [0.25, 0.3) is 5.56 Å². The number of aromatic nitrogens is 1. The molecule has 0 amide bonds. The first-order chi connectivity index (χ1) is 15.5. The zero-order chi connectivity index (χ0) is 22.4. The molecule has 1 heterocycles. The van der Waals surface area contributed by atoms with Crippen LogP contribution in [0.15, 0.2) is 65.5 Å². The second-order valence-electron chi connectivity index (χ2n) is 7.70. The van der Waals surface area contributed by atoms with E-state index in [0.717, 1.165) is 11.1 Å². The minimum absolute atomic E-state index is 0.105. The van der Waals surface area contributed by atoms with Gasteiger partial charge in [0.1, 0.15) is 5.75 Å². The summed E-state index contributed by atoms with van der Waals surface area (Å²) in [4.78, 5) is 27.2. The minimum Gasteiger partial charge on any atom is -0.508 e. The fourth-order valence-corrected chi connectivity index (χ4v) is 4.50. The quantitative estimate of drug-likeness (QED) is 0.455. The molecule has 1 aliphatic rings. The Hall–Kier alpha value is -4.06.